The quantitative estimate of drug-likeness (QED) is 0.888. The molecule has 1 atom stereocenters. The van der Waals surface area contributed by atoms with Crippen molar-refractivity contribution in [2.45, 2.75) is 44.1 Å². The molecule has 106 valence electrons. The van der Waals surface area contributed by atoms with Crippen LogP contribution in [-0.4, -0.2) is 12.0 Å². The Kier molecular flexibility index (Phi) is 4.41. The van der Waals surface area contributed by atoms with Crippen molar-refractivity contribution in [3.8, 4) is 0 Å². The minimum atomic E-state index is -2.55. The highest BCUT2D eigenvalue weighted by atomic mass is 35.5. The molecule has 1 saturated carbocycles. The summed E-state index contributed by atoms with van der Waals surface area (Å²) in [5.41, 5.74) is 6.53. The number of hydrogen-bond acceptors (Lipinski definition) is 1. The van der Waals surface area contributed by atoms with Gasteiger partial charge in [0, 0.05) is 23.9 Å². The molecular weight excluding hydrogens is 275 g/mol. The Morgan fingerprint density at radius 2 is 1.95 bits per heavy atom. The second kappa shape index (κ2) is 5.71. The molecule has 0 bridgehead atoms. The zero-order chi connectivity index (χ0) is 14.0. The third kappa shape index (κ3) is 3.86. The van der Waals surface area contributed by atoms with E-state index in [1.54, 1.807) is 12.1 Å². The summed E-state index contributed by atoms with van der Waals surface area (Å²) in [5, 5.41) is 0.340. The zero-order valence-electron chi connectivity index (χ0n) is 10.5. The average molecular weight is 292 g/mol. The summed E-state index contributed by atoms with van der Waals surface area (Å²) in [6, 6.07) is 4.18. The fourth-order valence-corrected chi connectivity index (χ4v) is 2.76. The Morgan fingerprint density at radius 3 is 2.53 bits per heavy atom. The molecule has 0 spiro atoms. The van der Waals surface area contributed by atoms with E-state index < -0.39 is 5.92 Å². The Bertz CT molecular complexity index is 440. The highest BCUT2D eigenvalue weighted by Crippen LogP contribution is 2.37. The first-order valence-electron chi connectivity index (χ1n) is 6.45. The van der Waals surface area contributed by atoms with E-state index in [-0.39, 0.29) is 30.6 Å². The molecule has 1 fully saturated rings. The van der Waals surface area contributed by atoms with E-state index in [1.807, 2.05) is 0 Å². The summed E-state index contributed by atoms with van der Waals surface area (Å²) in [6.07, 6.45) is 0.939. The van der Waals surface area contributed by atoms with Gasteiger partial charge in [-0.3, -0.25) is 0 Å². The third-order valence-electron chi connectivity index (χ3n) is 3.84. The summed E-state index contributed by atoms with van der Waals surface area (Å²) in [4.78, 5) is 0. The number of hydrogen-bond donors (Lipinski definition) is 1. The molecule has 1 aliphatic rings. The van der Waals surface area contributed by atoms with Gasteiger partial charge in [0.05, 0.1) is 0 Å². The number of halogens is 4. The fourth-order valence-electron chi connectivity index (χ4n) is 2.60. The highest BCUT2D eigenvalue weighted by Gasteiger charge is 2.36. The van der Waals surface area contributed by atoms with Crippen LogP contribution in [0.3, 0.4) is 0 Å². The minimum absolute atomic E-state index is 0.0368. The maximum atomic E-state index is 13.6. The van der Waals surface area contributed by atoms with Crippen LogP contribution in [0.1, 0.15) is 31.2 Å². The average Bonchev–Trinajstić information content (AvgIpc) is 2.32. The van der Waals surface area contributed by atoms with E-state index in [0.717, 1.165) is 0 Å². The SMILES string of the molecule is NC(Cc1ccc(Cl)cc1F)C1CCC(F)(F)CC1. The fraction of sp³-hybridized carbons (Fsp3) is 0.571. The van der Waals surface area contributed by atoms with Crippen molar-refractivity contribution in [1.29, 1.82) is 0 Å². The lowest BCUT2D eigenvalue weighted by Crippen LogP contribution is -2.37. The van der Waals surface area contributed by atoms with Gasteiger partial charge in [0.25, 0.3) is 0 Å². The van der Waals surface area contributed by atoms with Crippen LogP contribution < -0.4 is 5.73 Å². The molecule has 0 radical (unpaired) electrons. The third-order valence-corrected chi connectivity index (χ3v) is 4.07. The van der Waals surface area contributed by atoms with Gasteiger partial charge in [0.2, 0.25) is 5.92 Å². The monoisotopic (exact) mass is 291 g/mol. The van der Waals surface area contributed by atoms with Crippen molar-refractivity contribution >= 4 is 11.6 Å². The molecule has 0 saturated heterocycles. The van der Waals surface area contributed by atoms with Gasteiger partial charge in [-0.25, -0.2) is 13.2 Å². The number of alkyl halides is 2. The Balaban J connectivity index is 1.96. The van der Waals surface area contributed by atoms with E-state index >= 15 is 0 Å². The summed E-state index contributed by atoms with van der Waals surface area (Å²) in [7, 11) is 0. The van der Waals surface area contributed by atoms with E-state index in [1.165, 1.54) is 6.07 Å². The molecule has 0 amide bonds. The minimum Gasteiger partial charge on any atom is -0.327 e. The van der Waals surface area contributed by atoms with Gasteiger partial charge in [-0.2, -0.15) is 0 Å². The lowest BCUT2D eigenvalue weighted by Gasteiger charge is -2.32. The van der Waals surface area contributed by atoms with Crippen LogP contribution in [0, 0.1) is 11.7 Å². The van der Waals surface area contributed by atoms with Gasteiger partial charge in [0.15, 0.2) is 0 Å². The van der Waals surface area contributed by atoms with Gasteiger partial charge in [-0.15, -0.1) is 0 Å². The van der Waals surface area contributed by atoms with Gasteiger partial charge < -0.3 is 5.73 Å². The lowest BCUT2D eigenvalue weighted by atomic mass is 9.80. The Labute approximate surface area is 115 Å². The first-order chi connectivity index (χ1) is 8.87. The maximum absolute atomic E-state index is 13.6. The van der Waals surface area contributed by atoms with E-state index in [9.17, 15) is 13.2 Å². The molecule has 0 aliphatic heterocycles. The van der Waals surface area contributed by atoms with E-state index in [2.05, 4.69) is 0 Å². The van der Waals surface area contributed by atoms with Crippen molar-refractivity contribution in [2.24, 2.45) is 11.7 Å². The van der Waals surface area contributed by atoms with Crippen molar-refractivity contribution in [1.82, 2.24) is 0 Å². The first kappa shape index (κ1) is 14.7. The number of rotatable bonds is 3. The molecule has 19 heavy (non-hydrogen) atoms. The highest BCUT2D eigenvalue weighted by molar-refractivity contribution is 6.30. The predicted molar refractivity (Wildman–Crippen MR) is 70.0 cm³/mol. The second-order valence-corrected chi connectivity index (χ2v) is 5.73. The van der Waals surface area contributed by atoms with Crippen LogP contribution in [0.2, 0.25) is 5.02 Å². The van der Waals surface area contributed by atoms with Crippen LogP contribution in [0.4, 0.5) is 13.2 Å². The van der Waals surface area contributed by atoms with Gasteiger partial charge in [0.1, 0.15) is 5.82 Å². The van der Waals surface area contributed by atoms with Crippen molar-refractivity contribution in [3.05, 3.63) is 34.6 Å². The van der Waals surface area contributed by atoms with Crippen LogP contribution >= 0.6 is 11.6 Å². The van der Waals surface area contributed by atoms with E-state index in [0.29, 0.717) is 29.8 Å². The maximum Gasteiger partial charge on any atom is 0.248 e. The normalized spacial score (nSPS) is 21.3. The zero-order valence-corrected chi connectivity index (χ0v) is 11.3. The molecule has 2 N–H and O–H groups in total. The molecular formula is C14H17ClF3N. The first-order valence-corrected chi connectivity index (χ1v) is 6.82. The number of benzene rings is 1. The number of nitrogens with two attached hydrogens (primary N) is 1. The summed E-state index contributed by atoms with van der Waals surface area (Å²) in [6.45, 7) is 0. The summed E-state index contributed by atoms with van der Waals surface area (Å²) < 4.78 is 39.8. The largest absolute Gasteiger partial charge is 0.327 e. The standard InChI is InChI=1S/C14H17ClF3N/c15-11-2-1-10(12(16)8-11)7-13(19)9-3-5-14(17,18)6-4-9/h1-2,8-9,13H,3-7,19H2. The van der Waals surface area contributed by atoms with Crippen LogP contribution in [0.25, 0.3) is 0 Å². The lowest BCUT2D eigenvalue weighted by molar-refractivity contribution is -0.0481. The van der Waals surface area contributed by atoms with Gasteiger partial charge >= 0.3 is 0 Å². The Morgan fingerprint density at radius 1 is 1.32 bits per heavy atom. The van der Waals surface area contributed by atoms with Crippen LogP contribution in [0.5, 0.6) is 0 Å². The van der Waals surface area contributed by atoms with Crippen LogP contribution in [0.15, 0.2) is 18.2 Å². The van der Waals surface area contributed by atoms with Gasteiger partial charge in [-0.05, 0) is 42.9 Å². The molecule has 1 aliphatic carbocycles. The van der Waals surface area contributed by atoms with Crippen molar-refractivity contribution in [3.63, 3.8) is 0 Å². The molecule has 2 rings (SSSR count). The Hall–Kier alpha value is -0.740. The van der Waals surface area contributed by atoms with Crippen molar-refractivity contribution < 1.29 is 13.2 Å². The molecule has 1 aromatic rings. The molecule has 0 heterocycles. The molecule has 5 heteroatoms. The van der Waals surface area contributed by atoms with Crippen LogP contribution in [-0.2, 0) is 6.42 Å². The molecule has 1 aromatic carbocycles. The summed E-state index contributed by atoms with van der Waals surface area (Å²) in [5.74, 6) is -2.90. The van der Waals surface area contributed by atoms with Crippen molar-refractivity contribution in [2.75, 3.05) is 0 Å². The smallest absolute Gasteiger partial charge is 0.248 e. The van der Waals surface area contributed by atoms with Gasteiger partial charge in [-0.1, -0.05) is 17.7 Å². The molecule has 1 unspecified atom stereocenters. The summed E-state index contributed by atoms with van der Waals surface area (Å²) >= 11 is 5.68. The molecule has 0 aromatic heterocycles. The predicted octanol–water partition coefficient (Wildman–Crippen LogP) is 4.17. The molecule has 1 nitrogen and oxygen atoms in total. The second-order valence-electron chi connectivity index (χ2n) is 5.30. The van der Waals surface area contributed by atoms with E-state index in [4.69, 9.17) is 17.3 Å². The topological polar surface area (TPSA) is 26.0 Å².